The van der Waals surface area contributed by atoms with Gasteiger partial charge < -0.3 is 19.9 Å². The van der Waals surface area contributed by atoms with Crippen molar-refractivity contribution in [2.75, 3.05) is 19.8 Å². The number of esters is 1. The number of unbranched alkanes of at least 4 members (excludes halogenated alkanes) is 12. The molecule has 0 aliphatic heterocycles. The molecule has 0 saturated carbocycles. The first-order valence-electron chi connectivity index (χ1n) is 13.3. The van der Waals surface area contributed by atoms with E-state index in [1.54, 1.807) is 6.92 Å². The number of carbonyl (C=O) groups excluding carboxylic acids is 2. The van der Waals surface area contributed by atoms with Gasteiger partial charge in [-0.3, -0.25) is 4.79 Å². The Balaban J connectivity index is 3.86. The van der Waals surface area contributed by atoms with Crippen molar-refractivity contribution in [3.05, 3.63) is 0 Å². The number of rotatable bonds is 23. The van der Waals surface area contributed by atoms with Gasteiger partial charge in [0, 0.05) is 0 Å². The highest BCUT2D eigenvalue weighted by Crippen LogP contribution is 2.13. The Morgan fingerprint density at radius 1 is 0.750 bits per heavy atom. The summed E-state index contributed by atoms with van der Waals surface area (Å²) < 4.78 is 10.2. The van der Waals surface area contributed by atoms with E-state index in [0.29, 0.717) is 13.0 Å². The predicted octanol–water partition coefficient (Wildman–Crippen LogP) is 5.69. The van der Waals surface area contributed by atoms with Crippen LogP contribution in [0.1, 0.15) is 124 Å². The zero-order chi connectivity index (χ0) is 23.9. The number of ether oxygens (including phenoxy) is 2. The van der Waals surface area contributed by atoms with Crippen LogP contribution in [0.25, 0.3) is 0 Å². The van der Waals surface area contributed by atoms with Gasteiger partial charge in [0.1, 0.15) is 12.7 Å². The first-order valence-corrected chi connectivity index (χ1v) is 13.3. The zero-order valence-corrected chi connectivity index (χ0v) is 21.2. The van der Waals surface area contributed by atoms with Crippen LogP contribution in [0.2, 0.25) is 0 Å². The van der Waals surface area contributed by atoms with Crippen molar-refractivity contribution in [2.45, 2.75) is 136 Å². The summed E-state index contributed by atoms with van der Waals surface area (Å²) in [4.78, 5) is 23.7. The van der Waals surface area contributed by atoms with Crippen LogP contribution in [0.4, 0.5) is 0 Å². The van der Waals surface area contributed by atoms with Gasteiger partial charge in [0.05, 0.1) is 19.3 Å². The van der Waals surface area contributed by atoms with Crippen LogP contribution in [-0.2, 0) is 19.1 Å². The smallest absolute Gasteiger partial charge is 0.332 e. The molecule has 6 heteroatoms. The van der Waals surface area contributed by atoms with Crippen molar-refractivity contribution in [2.24, 2.45) is 0 Å². The monoisotopic (exact) mass is 457 g/mol. The lowest BCUT2D eigenvalue weighted by molar-refractivity contribution is -0.148. The summed E-state index contributed by atoms with van der Waals surface area (Å²) in [7, 11) is 0. The third-order valence-corrected chi connectivity index (χ3v) is 5.73. The summed E-state index contributed by atoms with van der Waals surface area (Å²) in [5.41, 5.74) is 0. The summed E-state index contributed by atoms with van der Waals surface area (Å²) in [5, 5.41) is 13.1. The van der Waals surface area contributed by atoms with E-state index >= 15 is 0 Å². The van der Waals surface area contributed by atoms with Crippen molar-refractivity contribution >= 4 is 11.9 Å². The molecule has 0 aromatic rings. The Bertz CT molecular complexity index is 444. The number of amides is 1. The number of hydrogen-bond acceptors (Lipinski definition) is 5. The summed E-state index contributed by atoms with van der Waals surface area (Å²) in [5.74, 6) is -0.742. The normalized spacial score (nSPS) is 13.0. The van der Waals surface area contributed by atoms with Gasteiger partial charge in [-0.15, -0.1) is 0 Å². The van der Waals surface area contributed by atoms with Gasteiger partial charge in [0.2, 0.25) is 5.91 Å². The average molecular weight is 458 g/mol. The molecular formula is C26H51NO5. The molecule has 0 fully saturated rings. The summed E-state index contributed by atoms with van der Waals surface area (Å²) in [6, 6.07) is -0.200. The van der Waals surface area contributed by atoms with Crippen molar-refractivity contribution in [1.82, 2.24) is 5.32 Å². The number of nitrogens with one attached hydrogen (secondary N) is 1. The van der Waals surface area contributed by atoms with Crippen molar-refractivity contribution in [3.8, 4) is 0 Å². The Kier molecular flexibility index (Phi) is 22.2. The molecule has 0 saturated heterocycles. The molecule has 0 rings (SSSR count). The van der Waals surface area contributed by atoms with E-state index in [4.69, 9.17) is 9.47 Å². The highest BCUT2D eigenvalue weighted by molar-refractivity contribution is 5.80. The van der Waals surface area contributed by atoms with Gasteiger partial charge in [-0.2, -0.15) is 0 Å². The molecule has 0 aliphatic rings. The minimum Gasteiger partial charge on any atom is -0.464 e. The standard InChI is InChI=1S/C26H51NO5/c1-4-7-9-10-11-12-13-14-15-16-17-18-20-24(28)26(30)27-23(19-8-5-2)21-31-22-25(29)32-6-3/h23-24,28H,4-22H2,1-3H3,(H,27,30)/t23-,24?/m1/s1. The van der Waals surface area contributed by atoms with Gasteiger partial charge in [-0.25, -0.2) is 4.79 Å². The van der Waals surface area contributed by atoms with E-state index in [1.165, 1.54) is 64.2 Å². The summed E-state index contributed by atoms with van der Waals surface area (Å²) in [6.45, 7) is 6.54. The van der Waals surface area contributed by atoms with Crippen molar-refractivity contribution in [1.29, 1.82) is 0 Å². The second-order valence-corrected chi connectivity index (χ2v) is 8.86. The molecule has 0 radical (unpaired) electrons. The molecule has 0 bridgehead atoms. The van der Waals surface area contributed by atoms with E-state index in [-0.39, 0.29) is 25.2 Å². The molecule has 2 N–H and O–H groups in total. The van der Waals surface area contributed by atoms with Crippen LogP contribution in [0.15, 0.2) is 0 Å². The molecule has 190 valence electrons. The first-order chi connectivity index (χ1) is 15.5. The van der Waals surface area contributed by atoms with Crippen LogP contribution in [0, 0.1) is 0 Å². The van der Waals surface area contributed by atoms with Crippen LogP contribution >= 0.6 is 0 Å². The molecule has 0 aromatic heterocycles. The van der Waals surface area contributed by atoms with E-state index in [0.717, 1.165) is 32.1 Å². The summed E-state index contributed by atoms with van der Waals surface area (Å²) in [6.07, 6.45) is 17.3. The Labute approximate surface area is 197 Å². The second-order valence-electron chi connectivity index (χ2n) is 8.86. The van der Waals surface area contributed by atoms with Gasteiger partial charge >= 0.3 is 5.97 Å². The van der Waals surface area contributed by atoms with Crippen molar-refractivity contribution < 1.29 is 24.2 Å². The highest BCUT2D eigenvalue weighted by Gasteiger charge is 2.19. The SMILES string of the molecule is CCCCCCCCCCCCCCC(O)C(=O)N[C@H](CCCC)COCC(=O)OCC. The summed E-state index contributed by atoms with van der Waals surface area (Å²) >= 11 is 0. The molecule has 6 nitrogen and oxygen atoms in total. The average Bonchev–Trinajstić information content (AvgIpc) is 2.78. The highest BCUT2D eigenvalue weighted by atomic mass is 16.6. The fraction of sp³-hybridized carbons (Fsp3) is 0.923. The first kappa shape index (κ1) is 30.9. The molecule has 1 unspecified atom stereocenters. The number of aliphatic hydroxyl groups is 1. The lowest BCUT2D eigenvalue weighted by Gasteiger charge is -2.20. The lowest BCUT2D eigenvalue weighted by Crippen LogP contribution is -2.44. The molecule has 1 amide bonds. The topological polar surface area (TPSA) is 84.9 Å². The maximum absolute atomic E-state index is 12.3. The van der Waals surface area contributed by atoms with Crippen LogP contribution < -0.4 is 5.32 Å². The molecular weight excluding hydrogens is 406 g/mol. The van der Waals surface area contributed by atoms with Gasteiger partial charge in [0.25, 0.3) is 0 Å². The fourth-order valence-corrected chi connectivity index (χ4v) is 3.74. The van der Waals surface area contributed by atoms with E-state index in [2.05, 4.69) is 19.2 Å². The predicted molar refractivity (Wildman–Crippen MR) is 131 cm³/mol. The second kappa shape index (κ2) is 23.0. The van der Waals surface area contributed by atoms with E-state index in [1.807, 2.05) is 0 Å². The van der Waals surface area contributed by atoms with Crippen molar-refractivity contribution in [3.63, 3.8) is 0 Å². The number of aliphatic hydroxyl groups excluding tert-OH is 1. The molecule has 0 heterocycles. The molecule has 0 aromatic carbocycles. The fourth-order valence-electron chi connectivity index (χ4n) is 3.74. The van der Waals surface area contributed by atoms with Crippen LogP contribution in [-0.4, -0.2) is 48.9 Å². The molecule has 32 heavy (non-hydrogen) atoms. The van der Waals surface area contributed by atoms with Crippen LogP contribution in [0.5, 0.6) is 0 Å². The third kappa shape index (κ3) is 19.5. The zero-order valence-electron chi connectivity index (χ0n) is 21.2. The van der Waals surface area contributed by atoms with E-state index in [9.17, 15) is 14.7 Å². The molecule has 0 aliphatic carbocycles. The Morgan fingerprint density at radius 2 is 1.28 bits per heavy atom. The molecule has 2 atom stereocenters. The van der Waals surface area contributed by atoms with Gasteiger partial charge in [-0.05, 0) is 19.8 Å². The number of hydrogen-bond donors (Lipinski definition) is 2. The lowest BCUT2D eigenvalue weighted by atomic mass is 10.0. The maximum Gasteiger partial charge on any atom is 0.332 e. The minimum atomic E-state index is -0.979. The van der Waals surface area contributed by atoms with Crippen LogP contribution in [0.3, 0.4) is 0 Å². The third-order valence-electron chi connectivity index (χ3n) is 5.73. The number of carbonyl (C=O) groups is 2. The minimum absolute atomic E-state index is 0.117. The quantitative estimate of drug-likeness (QED) is 0.152. The van der Waals surface area contributed by atoms with Gasteiger partial charge in [-0.1, -0.05) is 104 Å². The molecule has 0 spiro atoms. The van der Waals surface area contributed by atoms with Gasteiger partial charge in [0.15, 0.2) is 0 Å². The Morgan fingerprint density at radius 3 is 1.81 bits per heavy atom. The largest absolute Gasteiger partial charge is 0.464 e. The Hall–Kier alpha value is -1.14. The van der Waals surface area contributed by atoms with E-state index < -0.39 is 12.1 Å². The maximum atomic E-state index is 12.3.